The summed E-state index contributed by atoms with van der Waals surface area (Å²) < 4.78 is 12.7. The first-order valence-corrected chi connectivity index (χ1v) is 8.70. The molecule has 4 rings (SSSR count). The number of carbonyl (C=O) groups is 1. The van der Waals surface area contributed by atoms with Crippen LogP contribution in [0.25, 0.3) is 0 Å². The van der Waals surface area contributed by atoms with Crippen molar-refractivity contribution in [2.24, 2.45) is 7.05 Å². The highest BCUT2D eigenvalue weighted by atomic mass is 16.5. The number of amides is 1. The number of fused-ring (bicyclic) bond motifs is 1. The highest BCUT2D eigenvalue weighted by Gasteiger charge is 2.32. The second-order valence-electron chi connectivity index (χ2n) is 6.60. The molecule has 1 aliphatic rings. The molecule has 0 saturated carbocycles. The molecule has 27 heavy (non-hydrogen) atoms. The predicted octanol–water partition coefficient (Wildman–Crippen LogP) is 1.25. The molecule has 3 aromatic heterocycles. The third-order valence-corrected chi connectivity index (χ3v) is 4.44. The quantitative estimate of drug-likeness (QED) is 0.668. The molecule has 140 valence electrons. The number of rotatable bonds is 5. The Bertz CT molecular complexity index is 936. The van der Waals surface area contributed by atoms with Gasteiger partial charge in [-0.3, -0.25) is 14.5 Å². The molecule has 0 bridgehead atoms. The first kappa shape index (κ1) is 17.2. The van der Waals surface area contributed by atoms with Crippen LogP contribution in [0.2, 0.25) is 0 Å². The minimum Gasteiger partial charge on any atom is -0.491 e. The lowest BCUT2D eigenvalue weighted by Gasteiger charge is -2.31. The summed E-state index contributed by atoms with van der Waals surface area (Å²) in [5, 5.41) is 8.30. The minimum absolute atomic E-state index is 0.0245. The Hall–Kier alpha value is -3.23. The van der Waals surface area contributed by atoms with Gasteiger partial charge in [-0.05, 0) is 19.1 Å². The van der Waals surface area contributed by atoms with Crippen molar-refractivity contribution in [3.63, 3.8) is 0 Å². The van der Waals surface area contributed by atoms with Gasteiger partial charge < -0.3 is 14.2 Å². The molecule has 0 N–H and O–H groups in total. The van der Waals surface area contributed by atoms with E-state index in [0.29, 0.717) is 37.2 Å². The van der Waals surface area contributed by atoms with Crippen molar-refractivity contribution < 1.29 is 14.1 Å². The Kier molecular flexibility index (Phi) is 4.57. The Morgan fingerprint density at radius 3 is 3.07 bits per heavy atom. The second kappa shape index (κ2) is 7.18. The monoisotopic (exact) mass is 368 g/mol. The van der Waals surface area contributed by atoms with Crippen molar-refractivity contribution in [1.29, 1.82) is 0 Å². The molecular weight excluding hydrogens is 348 g/mol. The van der Waals surface area contributed by atoms with Gasteiger partial charge in [-0.25, -0.2) is 0 Å². The van der Waals surface area contributed by atoms with Gasteiger partial charge in [-0.1, -0.05) is 5.16 Å². The first-order chi connectivity index (χ1) is 13.1. The predicted molar refractivity (Wildman–Crippen MR) is 93.8 cm³/mol. The van der Waals surface area contributed by atoms with Crippen LogP contribution in [0, 0.1) is 6.92 Å². The van der Waals surface area contributed by atoms with Crippen LogP contribution >= 0.6 is 0 Å². The van der Waals surface area contributed by atoms with E-state index < -0.39 is 0 Å². The van der Waals surface area contributed by atoms with E-state index >= 15 is 0 Å². The summed E-state index contributed by atoms with van der Waals surface area (Å²) in [5.41, 5.74) is 2.00. The number of hydrogen-bond acceptors (Lipinski definition) is 7. The fourth-order valence-corrected chi connectivity index (χ4v) is 3.25. The Morgan fingerprint density at radius 1 is 1.44 bits per heavy atom. The number of hydrogen-bond donors (Lipinski definition) is 0. The SMILES string of the molecule is Cc1noc(CC(=O)N2Cc3cn(C)nc3C(COc3cccnc3)C2)n1. The van der Waals surface area contributed by atoms with Gasteiger partial charge in [0.2, 0.25) is 11.8 Å². The number of ether oxygens (including phenoxy) is 1. The Balaban J connectivity index is 1.49. The zero-order chi connectivity index (χ0) is 18.8. The standard InChI is InChI=1S/C18H20N6O3/c1-12-20-16(27-22-12)6-17(25)24-9-13-8-23(2)21-18(13)14(10-24)11-26-15-4-3-5-19-7-15/h3-5,7-8,14H,6,9-11H2,1-2H3. The average molecular weight is 368 g/mol. The lowest BCUT2D eigenvalue weighted by Crippen LogP contribution is -2.40. The van der Waals surface area contributed by atoms with Crippen molar-refractivity contribution in [3.05, 3.63) is 53.7 Å². The summed E-state index contributed by atoms with van der Waals surface area (Å²) in [5.74, 6) is 1.47. The van der Waals surface area contributed by atoms with Crippen molar-refractivity contribution in [3.8, 4) is 5.75 Å². The molecule has 0 saturated heterocycles. The maximum atomic E-state index is 12.7. The lowest BCUT2D eigenvalue weighted by molar-refractivity contribution is -0.132. The third-order valence-electron chi connectivity index (χ3n) is 4.44. The zero-order valence-corrected chi connectivity index (χ0v) is 15.2. The van der Waals surface area contributed by atoms with Crippen LogP contribution in [0.1, 0.15) is 28.9 Å². The van der Waals surface area contributed by atoms with Crippen molar-refractivity contribution in [2.45, 2.75) is 25.8 Å². The molecule has 0 radical (unpaired) electrons. The van der Waals surface area contributed by atoms with Crippen LogP contribution in [-0.2, 0) is 24.8 Å². The molecule has 1 atom stereocenters. The topological polar surface area (TPSA) is 99.2 Å². The molecule has 1 unspecified atom stereocenters. The van der Waals surface area contributed by atoms with E-state index in [4.69, 9.17) is 9.26 Å². The highest BCUT2D eigenvalue weighted by molar-refractivity contribution is 5.78. The lowest BCUT2D eigenvalue weighted by atomic mass is 9.97. The van der Waals surface area contributed by atoms with Crippen LogP contribution in [0.15, 0.2) is 35.2 Å². The molecule has 1 amide bonds. The molecule has 0 spiro atoms. The number of pyridine rings is 1. The highest BCUT2D eigenvalue weighted by Crippen LogP contribution is 2.28. The van der Waals surface area contributed by atoms with Crippen molar-refractivity contribution in [2.75, 3.05) is 13.2 Å². The number of aryl methyl sites for hydroxylation is 2. The smallest absolute Gasteiger partial charge is 0.236 e. The maximum Gasteiger partial charge on any atom is 0.236 e. The van der Waals surface area contributed by atoms with Gasteiger partial charge in [0.25, 0.3) is 0 Å². The average Bonchev–Trinajstić information content (AvgIpc) is 3.24. The number of carbonyl (C=O) groups excluding carboxylic acids is 1. The van der Waals surface area contributed by atoms with Crippen LogP contribution < -0.4 is 4.74 Å². The summed E-state index contributed by atoms with van der Waals surface area (Å²) in [7, 11) is 1.88. The maximum absolute atomic E-state index is 12.7. The molecule has 9 nitrogen and oxygen atoms in total. The second-order valence-corrected chi connectivity index (χ2v) is 6.60. The van der Waals surface area contributed by atoms with Gasteiger partial charge >= 0.3 is 0 Å². The Labute approximate surface area is 156 Å². The molecule has 1 aliphatic heterocycles. The third kappa shape index (κ3) is 3.81. The zero-order valence-electron chi connectivity index (χ0n) is 15.2. The van der Waals surface area contributed by atoms with Gasteiger partial charge in [-0.15, -0.1) is 0 Å². The summed E-state index contributed by atoms with van der Waals surface area (Å²) in [4.78, 5) is 22.7. The van der Waals surface area contributed by atoms with Gasteiger partial charge in [0.05, 0.1) is 24.4 Å². The van der Waals surface area contributed by atoms with Crippen LogP contribution in [0.5, 0.6) is 5.75 Å². The van der Waals surface area contributed by atoms with Crippen LogP contribution in [0.4, 0.5) is 0 Å². The summed E-state index contributed by atoms with van der Waals surface area (Å²) in [6.07, 6.45) is 5.41. The molecular formula is C18H20N6O3. The largest absolute Gasteiger partial charge is 0.491 e. The van der Waals surface area contributed by atoms with E-state index in [1.54, 1.807) is 28.9 Å². The molecule has 4 heterocycles. The van der Waals surface area contributed by atoms with Crippen molar-refractivity contribution >= 4 is 5.91 Å². The van der Waals surface area contributed by atoms with E-state index in [2.05, 4.69) is 20.2 Å². The number of nitrogens with zero attached hydrogens (tertiary/aromatic N) is 6. The summed E-state index contributed by atoms with van der Waals surface area (Å²) >= 11 is 0. The molecule has 0 aliphatic carbocycles. The molecule has 0 aromatic carbocycles. The van der Waals surface area contributed by atoms with E-state index in [-0.39, 0.29) is 18.2 Å². The Morgan fingerprint density at radius 2 is 2.33 bits per heavy atom. The summed E-state index contributed by atoms with van der Waals surface area (Å²) in [6, 6.07) is 3.68. The normalized spacial score (nSPS) is 16.2. The molecule has 9 heteroatoms. The van der Waals surface area contributed by atoms with E-state index in [9.17, 15) is 4.79 Å². The number of aromatic nitrogens is 5. The van der Waals surface area contributed by atoms with Crippen molar-refractivity contribution in [1.82, 2.24) is 29.8 Å². The van der Waals surface area contributed by atoms with E-state index in [1.807, 2.05) is 25.4 Å². The summed E-state index contributed by atoms with van der Waals surface area (Å²) in [6.45, 7) is 3.18. The van der Waals surface area contributed by atoms with Crippen LogP contribution in [0.3, 0.4) is 0 Å². The fourth-order valence-electron chi connectivity index (χ4n) is 3.25. The minimum atomic E-state index is -0.0560. The van der Waals surface area contributed by atoms with Gasteiger partial charge in [-0.2, -0.15) is 10.1 Å². The fraction of sp³-hybridized carbons (Fsp3) is 0.389. The molecule has 3 aromatic rings. The van der Waals surface area contributed by atoms with E-state index in [1.165, 1.54) is 0 Å². The van der Waals surface area contributed by atoms with Gasteiger partial charge in [0.1, 0.15) is 12.2 Å². The van der Waals surface area contributed by atoms with E-state index in [0.717, 1.165) is 11.3 Å². The molecule has 0 fully saturated rings. The van der Waals surface area contributed by atoms with Crippen LogP contribution in [-0.4, -0.2) is 48.9 Å². The first-order valence-electron chi connectivity index (χ1n) is 8.70. The van der Waals surface area contributed by atoms with Gasteiger partial charge in [0, 0.05) is 38.1 Å². The van der Waals surface area contributed by atoms with Gasteiger partial charge in [0.15, 0.2) is 5.82 Å².